The molecule has 21 heavy (non-hydrogen) atoms. The van der Waals surface area contributed by atoms with Crippen LogP contribution in [0.15, 0.2) is 28.0 Å². The summed E-state index contributed by atoms with van der Waals surface area (Å²) in [6, 6.07) is 2.16. The minimum Gasteiger partial charge on any atom is -0.208 e. The van der Waals surface area contributed by atoms with E-state index in [4.69, 9.17) is 10.7 Å². The third kappa shape index (κ3) is 4.38. The third-order valence-corrected chi connectivity index (χ3v) is 6.19. The highest BCUT2D eigenvalue weighted by atomic mass is 35.7. The highest BCUT2D eigenvalue weighted by Crippen LogP contribution is 2.33. The van der Waals surface area contributed by atoms with Crippen molar-refractivity contribution in [3.05, 3.63) is 24.0 Å². The Morgan fingerprint density at radius 1 is 1.33 bits per heavy atom. The van der Waals surface area contributed by atoms with E-state index in [1.54, 1.807) is 6.92 Å². The van der Waals surface area contributed by atoms with Gasteiger partial charge in [0.1, 0.15) is 10.7 Å². The van der Waals surface area contributed by atoms with E-state index in [1.807, 2.05) is 0 Å². The van der Waals surface area contributed by atoms with Gasteiger partial charge in [-0.15, -0.1) is 0 Å². The van der Waals surface area contributed by atoms with Crippen LogP contribution in [0.1, 0.15) is 26.2 Å². The summed E-state index contributed by atoms with van der Waals surface area (Å²) < 4.78 is 62.6. The van der Waals surface area contributed by atoms with Gasteiger partial charge in [-0.2, -0.15) is 0 Å². The standard InChI is InChI=1S/C12H15ClFNO4S2/c1-8(6-9-2-3-9)15-21(18,19)12-5-4-10(7-11(12)14)20(13,16)17/h4-5,7-9,15H,2-3,6H2,1H3. The molecule has 0 saturated heterocycles. The fourth-order valence-corrected chi connectivity index (χ4v) is 4.16. The van der Waals surface area contributed by atoms with Gasteiger partial charge >= 0.3 is 0 Å². The maximum Gasteiger partial charge on any atom is 0.261 e. The molecule has 1 fully saturated rings. The lowest BCUT2D eigenvalue weighted by Crippen LogP contribution is -2.33. The Hall–Kier alpha value is -0.700. The lowest BCUT2D eigenvalue weighted by atomic mass is 10.2. The summed E-state index contributed by atoms with van der Waals surface area (Å²) in [5, 5.41) is 0. The van der Waals surface area contributed by atoms with Crippen LogP contribution in [0, 0.1) is 11.7 Å². The molecule has 1 unspecified atom stereocenters. The lowest BCUT2D eigenvalue weighted by Gasteiger charge is -2.14. The van der Waals surface area contributed by atoms with Gasteiger partial charge < -0.3 is 0 Å². The van der Waals surface area contributed by atoms with Crippen LogP contribution >= 0.6 is 10.7 Å². The van der Waals surface area contributed by atoms with Crippen LogP contribution in [-0.4, -0.2) is 22.9 Å². The maximum atomic E-state index is 13.9. The fourth-order valence-electron chi connectivity index (χ4n) is 2.08. The number of nitrogens with one attached hydrogen (secondary N) is 1. The molecule has 0 amide bonds. The lowest BCUT2D eigenvalue weighted by molar-refractivity contribution is 0.519. The zero-order valence-corrected chi connectivity index (χ0v) is 13.6. The molecule has 0 aliphatic heterocycles. The maximum absolute atomic E-state index is 13.9. The van der Waals surface area contributed by atoms with Crippen LogP contribution < -0.4 is 4.72 Å². The molecular weight excluding hydrogens is 341 g/mol. The van der Waals surface area contributed by atoms with Crippen molar-refractivity contribution in [1.29, 1.82) is 0 Å². The van der Waals surface area contributed by atoms with Crippen molar-refractivity contribution in [3.63, 3.8) is 0 Å². The zero-order valence-electron chi connectivity index (χ0n) is 11.2. The molecule has 9 heteroatoms. The smallest absolute Gasteiger partial charge is 0.208 e. The number of rotatable bonds is 6. The van der Waals surface area contributed by atoms with E-state index in [0.717, 1.165) is 25.0 Å². The van der Waals surface area contributed by atoms with Crippen molar-refractivity contribution < 1.29 is 21.2 Å². The molecule has 5 nitrogen and oxygen atoms in total. The third-order valence-electron chi connectivity index (χ3n) is 3.21. The summed E-state index contributed by atoms with van der Waals surface area (Å²) >= 11 is 0. The first-order valence-corrected chi connectivity index (χ1v) is 10.2. The predicted molar refractivity (Wildman–Crippen MR) is 76.6 cm³/mol. The van der Waals surface area contributed by atoms with Crippen LogP contribution in [0.4, 0.5) is 4.39 Å². The molecule has 118 valence electrons. The summed E-state index contributed by atoms with van der Waals surface area (Å²) in [6.07, 6.45) is 2.88. The second-order valence-corrected chi connectivity index (χ2v) is 9.48. The molecule has 0 aromatic heterocycles. The highest BCUT2D eigenvalue weighted by molar-refractivity contribution is 8.13. The molecule has 1 N–H and O–H groups in total. The van der Waals surface area contributed by atoms with E-state index in [2.05, 4.69) is 4.72 Å². The summed E-state index contributed by atoms with van der Waals surface area (Å²) in [5.74, 6) is -0.626. The molecule has 1 aliphatic rings. The number of sulfonamides is 1. The zero-order chi connectivity index (χ0) is 15.8. The van der Waals surface area contributed by atoms with Crippen LogP contribution in [-0.2, 0) is 19.1 Å². The molecule has 1 saturated carbocycles. The number of hydrogen-bond acceptors (Lipinski definition) is 4. The predicted octanol–water partition coefficient (Wildman–Crippen LogP) is 2.22. The van der Waals surface area contributed by atoms with Crippen molar-refractivity contribution in [2.45, 2.75) is 42.0 Å². The Balaban J connectivity index is 2.23. The minimum absolute atomic E-state index is 0.307. The average Bonchev–Trinajstić information content (AvgIpc) is 3.10. The topological polar surface area (TPSA) is 80.3 Å². The van der Waals surface area contributed by atoms with E-state index >= 15 is 0 Å². The Kier molecular flexibility index (Phi) is 4.63. The average molecular weight is 356 g/mol. The Morgan fingerprint density at radius 2 is 1.95 bits per heavy atom. The molecule has 0 spiro atoms. The van der Waals surface area contributed by atoms with Gasteiger partial charge in [0.25, 0.3) is 9.05 Å². The van der Waals surface area contributed by atoms with Gasteiger partial charge in [0.2, 0.25) is 10.0 Å². The molecule has 1 atom stereocenters. The Bertz CT molecular complexity index is 745. The molecule has 1 aliphatic carbocycles. The molecule has 2 rings (SSSR count). The van der Waals surface area contributed by atoms with Gasteiger partial charge in [0.05, 0.1) is 4.90 Å². The van der Waals surface area contributed by atoms with Gasteiger partial charge in [-0.3, -0.25) is 0 Å². The molecule has 0 heterocycles. The first-order chi connectivity index (χ1) is 9.59. The number of halogens is 2. The molecule has 0 bridgehead atoms. The van der Waals surface area contributed by atoms with Crippen molar-refractivity contribution in [2.24, 2.45) is 5.92 Å². The Morgan fingerprint density at radius 3 is 2.43 bits per heavy atom. The first-order valence-electron chi connectivity index (χ1n) is 6.36. The van der Waals surface area contributed by atoms with Gasteiger partial charge in [-0.25, -0.2) is 25.9 Å². The van der Waals surface area contributed by atoms with Crippen LogP contribution in [0.3, 0.4) is 0 Å². The highest BCUT2D eigenvalue weighted by Gasteiger charge is 2.28. The van der Waals surface area contributed by atoms with Crippen molar-refractivity contribution in [3.8, 4) is 0 Å². The second kappa shape index (κ2) is 5.83. The summed E-state index contributed by atoms with van der Waals surface area (Å²) in [4.78, 5) is -1.07. The molecule has 1 aromatic carbocycles. The first kappa shape index (κ1) is 16.7. The monoisotopic (exact) mass is 355 g/mol. The molecule has 0 radical (unpaired) electrons. The molecule has 1 aromatic rings. The van der Waals surface area contributed by atoms with Crippen LogP contribution in [0.5, 0.6) is 0 Å². The van der Waals surface area contributed by atoms with E-state index in [9.17, 15) is 21.2 Å². The van der Waals surface area contributed by atoms with E-state index in [1.165, 1.54) is 0 Å². The molecular formula is C12H15ClFNO4S2. The van der Waals surface area contributed by atoms with E-state index < -0.39 is 34.7 Å². The van der Waals surface area contributed by atoms with Gasteiger partial charge in [0, 0.05) is 16.7 Å². The van der Waals surface area contributed by atoms with Crippen molar-refractivity contribution in [1.82, 2.24) is 4.72 Å². The van der Waals surface area contributed by atoms with Crippen LogP contribution in [0.2, 0.25) is 0 Å². The quantitative estimate of drug-likeness (QED) is 0.793. The summed E-state index contributed by atoms with van der Waals surface area (Å²) in [5.41, 5.74) is 0. The van der Waals surface area contributed by atoms with Crippen LogP contribution in [0.25, 0.3) is 0 Å². The minimum atomic E-state index is -4.10. The SMILES string of the molecule is CC(CC1CC1)NS(=O)(=O)c1ccc(S(=O)(=O)Cl)cc1F. The van der Waals surface area contributed by atoms with Crippen molar-refractivity contribution in [2.75, 3.05) is 0 Å². The fraction of sp³-hybridized carbons (Fsp3) is 0.500. The number of hydrogen-bond donors (Lipinski definition) is 1. The number of benzene rings is 1. The van der Waals surface area contributed by atoms with Gasteiger partial charge in [-0.05, 0) is 37.5 Å². The summed E-state index contributed by atoms with van der Waals surface area (Å²) in [7, 11) is -3.05. The summed E-state index contributed by atoms with van der Waals surface area (Å²) in [6.45, 7) is 1.71. The van der Waals surface area contributed by atoms with E-state index in [-0.39, 0.29) is 6.04 Å². The normalized spacial score (nSPS) is 17.7. The largest absolute Gasteiger partial charge is 0.261 e. The van der Waals surface area contributed by atoms with Crippen molar-refractivity contribution >= 4 is 29.8 Å². The van der Waals surface area contributed by atoms with Gasteiger partial charge in [0.15, 0.2) is 0 Å². The van der Waals surface area contributed by atoms with Gasteiger partial charge in [-0.1, -0.05) is 12.8 Å². The second-order valence-electron chi connectivity index (χ2n) is 5.23. The van der Waals surface area contributed by atoms with E-state index in [0.29, 0.717) is 18.4 Å². The Labute approximate surface area is 128 Å².